The Balaban J connectivity index is 1.62. The van der Waals surface area contributed by atoms with Gasteiger partial charge in [-0.15, -0.1) is 10.2 Å². The molecule has 5 nitrogen and oxygen atoms in total. The Hall–Kier alpha value is -3.59. The molecule has 0 radical (unpaired) electrons. The molecule has 1 aromatic heterocycles. The summed E-state index contributed by atoms with van der Waals surface area (Å²) in [6.07, 6.45) is -4.50. The zero-order valence-electron chi connectivity index (χ0n) is 18.2. The highest BCUT2D eigenvalue weighted by Gasteiger charge is 2.31. The van der Waals surface area contributed by atoms with Gasteiger partial charge in [0.2, 0.25) is 5.91 Å². The number of amides is 1. The van der Waals surface area contributed by atoms with Crippen LogP contribution in [0.5, 0.6) is 0 Å². The Morgan fingerprint density at radius 1 is 0.971 bits per heavy atom. The van der Waals surface area contributed by atoms with Crippen LogP contribution in [0.1, 0.15) is 27.8 Å². The molecule has 0 aliphatic heterocycles. The highest BCUT2D eigenvalue weighted by atomic mass is 32.2. The van der Waals surface area contributed by atoms with Gasteiger partial charge in [0.25, 0.3) is 0 Å². The molecule has 1 N–H and O–H groups in total. The third kappa shape index (κ3) is 5.66. The third-order valence-corrected chi connectivity index (χ3v) is 6.34. The van der Waals surface area contributed by atoms with Crippen molar-refractivity contribution in [2.75, 3.05) is 5.32 Å². The van der Waals surface area contributed by atoms with Gasteiger partial charge in [0.15, 0.2) is 5.16 Å². The van der Waals surface area contributed by atoms with Gasteiger partial charge in [0, 0.05) is 5.69 Å². The molecule has 1 atom stereocenters. The number of rotatable bonds is 7. The van der Waals surface area contributed by atoms with Crippen molar-refractivity contribution in [3.05, 3.63) is 107 Å². The molecule has 1 amide bonds. The van der Waals surface area contributed by atoms with Crippen LogP contribution in [-0.2, 0) is 17.5 Å². The molecule has 9 heteroatoms. The largest absolute Gasteiger partial charge is 0.416 e. The molecule has 0 bridgehead atoms. The van der Waals surface area contributed by atoms with E-state index in [-0.39, 0.29) is 5.69 Å². The average Bonchev–Trinajstić information content (AvgIpc) is 3.17. The number of carbonyl (C=O) groups is 1. The van der Waals surface area contributed by atoms with Crippen LogP contribution >= 0.6 is 11.8 Å². The highest BCUT2D eigenvalue weighted by Crippen LogP contribution is 2.36. The summed E-state index contributed by atoms with van der Waals surface area (Å²) in [6, 6.07) is 23.4. The Morgan fingerprint density at radius 2 is 1.65 bits per heavy atom. The minimum atomic E-state index is -4.50. The quantitative estimate of drug-likeness (QED) is 0.322. The Morgan fingerprint density at radius 3 is 2.32 bits per heavy atom. The summed E-state index contributed by atoms with van der Waals surface area (Å²) in [5.74, 6) is 0.235. The van der Waals surface area contributed by atoms with E-state index in [0.717, 1.165) is 17.7 Å². The second kappa shape index (κ2) is 10.1. The smallest absolute Gasteiger partial charge is 0.325 e. The summed E-state index contributed by atoms with van der Waals surface area (Å²) in [6.45, 7) is 2.36. The second-order valence-corrected chi connectivity index (χ2v) is 8.65. The van der Waals surface area contributed by atoms with Crippen LogP contribution in [0.25, 0.3) is 0 Å². The zero-order chi connectivity index (χ0) is 24.1. The first kappa shape index (κ1) is 23.6. The second-order valence-electron chi connectivity index (χ2n) is 7.58. The maximum atomic E-state index is 13.3. The SMILES string of the molecule is Cc1nnc(S[C@@H](C(=O)Nc2cccc(C(F)(F)F)c2)c2ccccc2)n1Cc1ccccc1. The molecule has 4 aromatic rings. The predicted octanol–water partition coefficient (Wildman–Crippen LogP) is 6.13. The van der Waals surface area contributed by atoms with Gasteiger partial charge in [-0.3, -0.25) is 4.79 Å². The van der Waals surface area contributed by atoms with E-state index in [1.807, 2.05) is 47.9 Å². The van der Waals surface area contributed by atoms with Gasteiger partial charge in [0.1, 0.15) is 11.1 Å². The Labute approximate surface area is 199 Å². The van der Waals surface area contributed by atoms with Gasteiger partial charge in [0.05, 0.1) is 12.1 Å². The van der Waals surface area contributed by atoms with Crippen LogP contribution in [0.2, 0.25) is 0 Å². The van der Waals surface area contributed by atoms with Gasteiger partial charge in [-0.05, 0) is 36.2 Å². The molecule has 0 spiro atoms. The van der Waals surface area contributed by atoms with Crippen molar-refractivity contribution in [3.63, 3.8) is 0 Å². The molecular weight excluding hydrogens is 461 g/mol. The summed E-state index contributed by atoms with van der Waals surface area (Å²) in [7, 11) is 0. The van der Waals surface area contributed by atoms with Crippen LogP contribution in [-0.4, -0.2) is 20.7 Å². The van der Waals surface area contributed by atoms with E-state index in [2.05, 4.69) is 15.5 Å². The van der Waals surface area contributed by atoms with E-state index >= 15 is 0 Å². The molecule has 4 rings (SSSR count). The monoisotopic (exact) mass is 482 g/mol. The number of hydrogen-bond acceptors (Lipinski definition) is 4. The maximum Gasteiger partial charge on any atom is 0.416 e. The first-order valence-electron chi connectivity index (χ1n) is 10.4. The Kier molecular flexibility index (Phi) is 7.02. The molecule has 3 aromatic carbocycles. The number of anilines is 1. The molecule has 0 fully saturated rings. The summed E-state index contributed by atoms with van der Waals surface area (Å²) < 4.78 is 41.2. The van der Waals surface area contributed by atoms with Gasteiger partial charge in [-0.1, -0.05) is 78.5 Å². The normalized spacial score (nSPS) is 12.4. The van der Waals surface area contributed by atoms with Crippen LogP contribution in [0.4, 0.5) is 18.9 Å². The van der Waals surface area contributed by atoms with Crippen LogP contribution < -0.4 is 5.32 Å². The van der Waals surface area contributed by atoms with Gasteiger partial charge < -0.3 is 9.88 Å². The fourth-order valence-electron chi connectivity index (χ4n) is 3.38. The number of hydrogen-bond donors (Lipinski definition) is 1. The first-order chi connectivity index (χ1) is 16.3. The molecule has 0 saturated heterocycles. The number of halogens is 3. The highest BCUT2D eigenvalue weighted by molar-refractivity contribution is 8.00. The van der Waals surface area contributed by atoms with Crippen LogP contribution in [0.3, 0.4) is 0 Å². The lowest BCUT2D eigenvalue weighted by Gasteiger charge is -2.18. The summed E-state index contributed by atoms with van der Waals surface area (Å²) in [5.41, 5.74) is 0.997. The number of benzene rings is 3. The molecule has 34 heavy (non-hydrogen) atoms. The molecule has 0 saturated carbocycles. The van der Waals surface area contributed by atoms with E-state index in [1.165, 1.54) is 23.9 Å². The predicted molar refractivity (Wildman–Crippen MR) is 125 cm³/mol. The van der Waals surface area contributed by atoms with Crippen LogP contribution in [0, 0.1) is 6.92 Å². The first-order valence-corrected chi connectivity index (χ1v) is 11.3. The maximum absolute atomic E-state index is 13.3. The fourth-order valence-corrected chi connectivity index (χ4v) is 4.47. The summed E-state index contributed by atoms with van der Waals surface area (Å²) >= 11 is 1.20. The van der Waals surface area contributed by atoms with Crippen molar-refractivity contribution in [2.24, 2.45) is 0 Å². The summed E-state index contributed by atoms with van der Waals surface area (Å²) in [5, 5.41) is 10.8. The van der Waals surface area contributed by atoms with E-state index in [1.54, 1.807) is 24.3 Å². The van der Waals surface area contributed by atoms with E-state index < -0.39 is 22.9 Å². The summed E-state index contributed by atoms with van der Waals surface area (Å²) in [4.78, 5) is 13.3. The number of aromatic nitrogens is 3. The van der Waals surface area contributed by atoms with Gasteiger partial charge >= 0.3 is 6.18 Å². The van der Waals surface area contributed by atoms with Crippen LogP contribution in [0.15, 0.2) is 90.1 Å². The number of thioether (sulfide) groups is 1. The van der Waals surface area contributed by atoms with Crippen molar-refractivity contribution in [1.82, 2.24) is 14.8 Å². The van der Waals surface area contributed by atoms with E-state index in [0.29, 0.717) is 23.1 Å². The topological polar surface area (TPSA) is 59.8 Å². The van der Waals surface area contributed by atoms with Crippen molar-refractivity contribution < 1.29 is 18.0 Å². The average molecular weight is 483 g/mol. The fraction of sp³-hybridized carbons (Fsp3) is 0.160. The van der Waals surface area contributed by atoms with Gasteiger partial charge in [-0.25, -0.2) is 0 Å². The van der Waals surface area contributed by atoms with Crippen molar-refractivity contribution >= 4 is 23.4 Å². The van der Waals surface area contributed by atoms with E-state index in [9.17, 15) is 18.0 Å². The molecule has 0 unspecified atom stereocenters. The molecular formula is C25H21F3N4OS. The third-order valence-electron chi connectivity index (χ3n) is 5.11. The van der Waals surface area contributed by atoms with E-state index in [4.69, 9.17) is 0 Å². The van der Waals surface area contributed by atoms with Crippen molar-refractivity contribution in [2.45, 2.75) is 30.1 Å². The zero-order valence-corrected chi connectivity index (χ0v) is 19.0. The molecule has 174 valence electrons. The number of nitrogens with one attached hydrogen (secondary N) is 1. The standard InChI is InChI=1S/C25H21F3N4OS/c1-17-30-31-24(32(17)16-18-9-4-2-5-10-18)34-22(19-11-6-3-7-12-19)23(33)29-21-14-8-13-20(15-21)25(26,27)28/h2-15,22H,16H2,1H3,(H,29,33)/t22-/m1/s1. The molecule has 1 heterocycles. The van der Waals surface area contributed by atoms with Crippen molar-refractivity contribution in [3.8, 4) is 0 Å². The Bertz CT molecular complexity index is 1260. The number of aryl methyl sites for hydroxylation is 1. The number of alkyl halides is 3. The van der Waals surface area contributed by atoms with Gasteiger partial charge in [-0.2, -0.15) is 13.2 Å². The minimum absolute atomic E-state index is 0.0725. The van der Waals surface area contributed by atoms with Crippen molar-refractivity contribution in [1.29, 1.82) is 0 Å². The molecule has 0 aliphatic carbocycles. The lowest BCUT2D eigenvalue weighted by atomic mass is 10.1. The molecule has 0 aliphatic rings. The minimum Gasteiger partial charge on any atom is -0.325 e. The number of nitrogens with zero attached hydrogens (tertiary/aromatic N) is 3. The lowest BCUT2D eigenvalue weighted by molar-refractivity contribution is -0.137. The number of carbonyl (C=O) groups excluding carboxylic acids is 1. The lowest BCUT2D eigenvalue weighted by Crippen LogP contribution is -2.20.